The fraction of sp³-hybridized carbons (Fsp3) is 0.0741. The van der Waals surface area contributed by atoms with E-state index in [1.807, 2.05) is 60.7 Å². The van der Waals surface area contributed by atoms with E-state index >= 15 is 0 Å². The maximum atomic E-state index is 13.4. The fourth-order valence-corrected chi connectivity index (χ4v) is 4.12. The number of fused-ring (bicyclic) bond motifs is 1. The van der Waals surface area contributed by atoms with Gasteiger partial charge in [0.1, 0.15) is 12.4 Å². The molecule has 0 unspecified atom stereocenters. The third-order valence-corrected chi connectivity index (χ3v) is 5.62. The topological polar surface area (TPSA) is 42.2 Å². The average Bonchev–Trinajstić information content (AvgIpc) is 2.81. The van der Waals surface area contributed by atoms with Crippen LogP contribution in [0.3, 0.4) is 0 Å². The summed E-state index contributed by atoms with van der Waals surface area (Å²) >= 11 is 3.54. The standard InChI is InChI=1S/C27H19BrFNO2/c1-31-26-15-19(14-25(28)27(26)32-17-18-6-4-9-22(29)13-18)12-21(16-30)24-11-5-8-20-7-2-3-10-23(20)24/h2-15H,17H2,1H3/b21-12-. The van der Waals surface area contributed by atoms with Gasteiger partial charge in [0.05, 0.1) is 23.2 Å². The molecule has 0 atom stereocenters. The van der Waals surface area contributed by atoms with Gasteiger partial charge in [-0.2, -0.15) is 5.26 Å². The van der Waals surface area contributed by atoms with Crippen molar-refractivity contribution in [2.75, 3.05) is 7.11 Å². The van der Waals surface area contributed by atoms with Gasteiger partial charge in [-0.25, -0.2) is 4.39 Å². The summed E-state index contributed by atoms with van der Waals surface area (Å²) in [5, 5.41) is 12.0. The highest BCUT2D eigenvalue weighted by molar-refractivity contribution is 9.10. The van der Waals surface area contributed by atoms with Crippen molar-refractivity contribution in [3.63, 3.8) is 0 Å². The van der Waals surface area contributed by atoms with Crippen LogP contribution in [-0.4, -0.2) is 7.11 Å². The molecule has 0 aliphatic rings. The summed E-state index contributed by atoms with van der Waals surface area (Å²) in [6, 6.07) is 26.2. The maximum Gasteiger partial charge on any atom is 0.175 e. The molecule has 0 aliphatic carbocycles. The summed E-state index contributed by atoms with van der Waals surface area (Å²) in [5.74, 6) is 0.713. The van der Waals surface area contributed by atoms with Crippen LogP contribution in [0, 0.1) is 17.1 Å². The Labute approximate surface area is 194 Å². The van der Waals surface area contributed by atoms with Crippen molar-refractivity contribution in [1.82, 2.24) is 0 Å². The second kappa shape index (κ2) is 9.67. The van der Waals surface area contributed by atoms with Crippen molar-refractivity contribution in [2.45, 2.75) is 6.61 Å². The number of hydrogen-bond donors (Lipinski definition) is 0. The van der Waals surface area contributed by atoms with Crippen molar-refractivity contribution < 1.29 is 13.9 Å². The zero-order chi connectivity index (χ0) is 22.5. The lowest BCUT2D eigenvalue weighted by Crippen LogP contribution is -1.99. The molecule has 158 valence electrons. The molecule has 0 fully saturated rings. The first kappa shape index (κ1) is 21.6. The molecular formula is C27H19BrFNO2. The predicted molar refractivity (Wildman–Crippen MR) is 129 cm³/mol. The first-order valence-corrected chi connectivity index (χ1v) is 10.7. The minimum absolute atomic E-state index is 0.196. The van der Waals surface area contributed by atoms with Crippen LogP contribution in [-0.2, 0) is 6.61 Å². The number of nitriles is 1. The van der Waals surface area contributed by atoms with Crippen molar-refractivity contribution in [3.8, 4) is 17.6 Å². The van der Waals surface area contributed by atoms with E-state index in [0.717, 1.165) is 21.9 Å². The molecule has 4 aromatic carbocycles. The minimum atomic E-state index is -0.310. The Balaban J connectivity index is 1.68. The van der Waals surface area contributed by atoms with Gasteiger partial charge in [-0.3, -0.25) is 0 Å². The van der Waals surface area contributed by atoms with Gasteiger partial charge in [0.25, 0.3) is 0 Å². The molecule has 0 aliphatic heterocycles. The Hall–Kier alpha value is -3.62. The summed E-state index contributed by atoms with van der Waals surface area (Å²) in [6.07, 6.45) is 1.82. The molecule has 0 saturated heterocycles. The second-order valence-corrected chi connectivity index (χ2v) is 8.00. The summed E-state index contributed by atoms with van der Waals surface area (Å²) in [5.41, 5.74) is 2.92. The lowest BCUT2D eigenvalue weighted by molar-refractivity contribution is 0.282. The molecule has 0 N–H and O–H groups in total. The highest BCUT2D eigenvalue weighted by Gasteiger charge is 2.13. The number of allylic oxidation sites excluding steroid dienone is 1. The number of methoxy groups -OCH3 is 1. The van der Waals surface area contributed by atoms with E-state index in [2.05, 4.69) is 22.0 Å². The molecule has 0 radical (unpaired) electrons. The number of ether oxygens (including phenoxy) is 2. The molecule has 3 nitrogen and oxygen atoms in total. The number of hydrogen-bond acceptors (Lipinski definition) is 3. The summed E-state index contributed by atoms with van der Waals surface area (Å²) in [6.45, 7) is 0.196. The molecule has 0 amide bonds. The number of rotatable bonds is 6. The van der Waals surface area contributed by atoms with Crippen molar-refractivity contribution in [1.29, 1.82) is 5.26 Å². The molecule has 32 heavy (non-hydrogen) atoms. The molecule has 5 heteroatoms. The highest BCUT2D eigenvalue weighted by Crippen LogP contribution is 2.38. The Morgan fingerprint density at radius 3 is 2.59 bits per heavy atom. The maximum absolute atomic E-state index is 13.4. The van der Waals surface area contributed by atoms with E-state index in [1.54, 1.807) is 19.2 Å². The smallest absolute Gasteiger partial charge is 0.175 e. The second-order valence-electron chi connectivity index (χ2n) is 7.15. The van der Waals surface area contributed by atoms with Crippen LogP contribution >= 0.6 is 15.9 Å². The predicted octanol–water partition coefficient (Wildman–Crippen LogP) is 7.39. The van der Waals surface area contributed by atoms with Crippen LogP contribution < -0.4 is 9.47 Å². The van der Waals surface area contributed by atoms with Crippen LogP contribution in [0.25, 0.3) is 22.4 Å². The third kappa shape index (κ3) is 4.66. The van der Waals surface area contributed by atoms with E-state index in [0.29, 0.717) is 27.1 Å². The summed E-state index contributed by atoms with van der Waals surface area (Å²) < 4.78 is 25.5. The molecule has 4 rings (SSSR count). The lowest BCUT2D eigenvalue weighted by atomic mass is 9.97. The largest absolute Gasteiger partial charge is 0.493 e. The molecular weight excluding hydrogens is 469 g/mol. The zero-order valence-electron chi connectivity index (χ0n) is 17.3. The van der Waals surface area contributed by atoms with Gasteiger partial charge in [-0.15, -0.1) is 0 Å². The quantitative estimate of drug-likeness (QED) is 0.210. The van der Waals surface area contributed by atoms with E-state index in [-0.39, 0.29) is 12.4 Å². The van der Waals surface area contributed by atoms with Gasteiger partial charge in [0.2, 0.25) is 0 Å². The SMILES string of the molecule is COc1cc(/C=C(/C#N)c2cccc3ccccc23)cc(Br)c1OCc1cccc(F)c1. The monoisotopic (exact) mass is 487 g/mol. The van der Waals surface area contributed by atoms with Gasteiger partial charge in [-0.05, 0) is 68.2 Å². The van der Waals surface area contributed by atoms with Gasteiger partial charge in [-0.1, -0.05) is 54.6 Å². The van der Waals surface area contributed by atoms with Crippen LogP contribution in [0.4, 0.5) is 4.39 Å². The minimum Gasteiger partial charge on any atom is -0.493 e. The van der Waals surface area contributed by atoms with Crippen LogP contribution in [0.2, 0.25) is 0 Å². The fourth-order valence-electron chi connectivity index (χ4n) is 3.54. The Bertz CT molecular complexity index is 1350. The van der Waals surface area contributed by atoms with E-state index < -0.39 is 0 Å². The zero-order valence-corrected chi connectivity index (χ0v) is 18.9. The first-order valence-electron chi connectivity index (χ1n) is 9.94. The molecule has 0 spiro atoms. The Morgan fingerprint density at radius 2 is 1.81 bits per heavy atom. The molecule has 0 bridgehead atoms. The summed E-state index contributed by atoms with van der Waals surface area (Å²) in [7, 11) is 1.56. The van der Waals surface area contributed by atoms with Crippen LogP contribution in [0.1, 0.15) is 16.7 Å². The molecule has 4 aromatic rings. The number of nitrogens with zero attached hydrogens (tertiary/aromatic N) is 1. The van der Waals surface area contributed by atoms with Crippen molar-refractivity contribution in [2.24, 2.45) is 0 Å². The average molecular weight is 488 g/mol. The molecule has 0 heterocycles. The molecule has 0 aromatic heterocycles. The number of halogens is 2. The Kier molecular flexibility index (Phi) is 6.53. The van der Waals surface area contributed by atoms with E-state index in [9.17, 15) is 9.65 Å². The Morgan fingerprint density at radius 1 is 1.03 bits per heavy atom. The van der Waals surface area contributed by atoms with Crippen molar-refractivity contribution >= 4 is 38.4 Å². The summed E-state index contributed by atoms with van der Waals surface area (Å²) in [4.78, 5) is 0. The van der Waals surface area contributed by atoms with Gasteiger partial charge in [0.15, 0.2) is 11.5 Å². The number of benzene rings is 4. The molecule has 0 saturated carbocycles. The van der Waals surface area contributed by atoms with Gasteiger partial charge >= 0.3 is 0 Å². The van der Waals surface area contributed by atoms with Crippen molar-refractivity contribution in [3.05, 3.63) is 106 Å². The van der Waals surface area contributed by atoms with Crippen LogP contribution in [0.5, 0.6) is 11.5 Å². The van der Waals surface area contributed by atoms with Gasteiger partial charge < -0.3 is 9.47 Å². The van der Waals surface area contributed by atoms with E-state index in [4.69, 9.17) is 9.47 Å². The van der Waals surface area contributed by atoms with E-state index in [1.165, 1.54) is 12.1 Å². The normalized spacial score (nSPS) is 11.2. The third-order valence-electron chi connectivity index (χ3n) is 5.04. The first-order chi connectivity index (χ1) is 15.6. The highest BCUT2D eigenvalue weighted by atomic mass is 79.9. The van der Waals surface area contributed by atoms with Crippen LogP contribution in [0.15, 0.2) is 83.3 Å². The van der Waals surface area contributed by atoms with Gasteiger partial charge in [0, 0.05) is 5.56 Å². The lowest BCUT2D eigenvalue weighted by Gasteiger charge is -2.14.